The van der Waals surface area contributed by atoms with Gasteiger partial charge in [0.15, 0.2) is 0 Å². The van der Waals surface area contributed by atoms with Crippen molar-refractivity contribution < 1.29 is 18.7 Å². The van der Waals surface area contributed by atoms with Gasteiger partial charge in [-0.1, -0.05) is 0 Å². The second-order valence-electron chi connectivity index (χ2n) is 4.00. The molecule has 1 aliphatic heterocycles. The fraction of sp³-hybridized carbons (Fsp3) is 0.500. The molecular weight excluding hydrogens is 222 g/mol. The summed E-state index contributed by atoms with van der Waals surface area (Å²) in [6.45, 7) is 0.707. The summed E-state index contributed by atoms with van der Waals surface area (Å²) in [6, 6.07) is 1.92. The summed E-state index contributed by atoms with van der Waals surface area (Å²) in [4.78, 5) is 23.9. The zero-order valence-electron chi connectivity index (χ0n) is 9.55. The van der Waals surface area contributed by atoms with Crippen molar-refractivity contribution in [3.8, 4) is 0 Å². The number of hydrogen-bond donors (Lipinski definition) is 0. The molecule has 0 aliphatic carbocycles. The number of carbonyl (C=O) groups is 2. The van der Waals surface area contributed by atoms with Crippen LogP contribution in [0.4, 0.5) is 4.79 Å². The van der Waals surface area contributed by atoms with Crippen LogP contribution in [0.1, 0.15) is 24.8 Å². The first-order valence-corrected chi connectivity index (χ1v) is 5.75. The van der Waals surface area contributed by atoms with Crippen LogP contribution in [-0.2, 0) is 16.0 Å². The number of imide groups is 1. The molecule has 5 heteroatoms. The predicted molar refractivity (Wildman–Crippen MR) is 59.3 cm³/mol. The summed E-state index contributed by atoms with van der Waals surface area (Å²) in [7, 11) is 0. The molecule has 2 heterocycles. The van der Waals surface area contributed by atoms with Crippen molar-refractivity contribution in [3.63, 3.8) is 0 Å². The SMILES string of the molecule is O=C(CCCCc1ccoc1)N1CCOC1=O. The van der Waals surface area contributed by atoms with Crippen LogP contribution in [0.5, 0.6) is 0 Å². The number of rotatable bonds is 5. The summed E-state index contributed by atoms with van der Waals surface area (Å²) >= 11 is 0. The number of unbranched alkanes of at least 4 members (excludes halogenated alkanes) is 1. The van der Waals surface area contributed by atoms with Gasteiger partial charge in [-0.2, -0.15) is 0 Å². The van der Waals surface area contributed by atoms with E-state index in [9.17, 15) is 9.59 Å². The van der Waals surface area contributed by atoms with Crippen LogP contribution in [0, 0.1) is 0 Å². The van der Waals surface area contributed by atoms with E-state index in [-0.39, 0.29) is 5.91 Å². The van der Waals surface area contributed by atoms with Gasteiger partial charge in [0.05, 0.1) is 19.1 Å². The van der Waals surface area contributed by atoms with Gasteiger partial charge in [0.25, 0.3) is 0 Å². The molecule has 0 N–H and O–H groups in total. The van der Waals surface area contributed by atoms with Gasteiger partial charge in [0.1, 0.15) is 6.61 Å². The Balaban J connectivity index is 1.65. The predicted octanol–water partition coefficient (Wildman–Crippen LogP) is 1.97. The van der Waals surface area contributed by atoms with Crippen molar-refractivity contribution in [2.45, 2.75) is 25.7 Å². The lowest BCUT2D eigenvalue weighted by molar-refractivity contribution is -0.127. The van der Waals surface area contributed by atoms with E-state index in [1.54, 1.807) is 12.5 Å². The fourth-order valence-electron chi connectivity index (χ4n) is 1.80. The molecule has 0 saturated carbocycles. The molecular formula is C12H15NO4. The molecule has 0 bridgehead atoms. The van der Waals surface area contributed by atoms with Crippen LogP contribution < -0.4 is 0 Å². The minimum atomic E-state index is -0.509. The Kier molecular flexibility index (Phi) is 3.80. The molecule has 0 aromatic carbocycles. The van der Waals surface area contributed by atoms with E-state index in [0.29, 0.717) is 19.6 Å². The Bertz CT molecular complexity index is 385. The number of furan rings is 1. The van der Waals surface area contributed by atoms with Gasteiger partial charge in [0, 0.05) is 6.42 Å². The minimum absolute atomic E-state index is 0.139. The Labute approximate surface area is 99.3 Å². The lowest BCUT2D eigenvalue weighted by atomic mass is 10.1. The highest BCUT2D eigenvalue weighted by Gasteiger charge is 2.27. The maximum atomic E-state index is 11.6. The molecule has 17 heavy (non-hydrogen) atoms. The van der Waals surface area contributed by atoms with Gasteiger partial charge in [-0.05, 0) is 30.9 Å². The summed E-state index contributed by atoms with van der Waals surface area (Å²) in [5.41, 5.74) is 1.14. The summed E-state index contributed by atoms with van der Waals surface area (Å²) in [5.74, 6) is -0.139. The average molecular weight is 237 g/mol. The van der Waals surface area contributed by atoms with Crippen LogP contribution >= 0.6 is 0 Å². The van der Waals surface area contributed by atoms with Crippen LogP contribution in [0.15, 0.2) is 23.0 Å². The number of carbonyl (C=O) groups excluding carboxylic acids is 2. The molecule has 1 fully saturated rings. The van der Waals surface area contributed by atoms with Gasteiger partial charge in [-0.15, -0.1) is 0 Å². The maximum Gasteiger partial charge on any atom is 0.416 e. The smallest absolute Gasteiger partial charge is 0.416 e. The molecule has 0 unspecified atom stereocenters. The Hall–Kier alpha value is -1.78. The molecule has 0 atom stereocenters. The molecule has 2 amide bonds. The molecule has 1 aromatic heterocycles. The van der Waals surface area contributed by atoms with Gasteiger partial charge in [-0.25, -0.2) is 9.69 Å². The van der Waals surface area contributed by atoms with Gasteiger partial charge >= 0.3 is 6.09 Å². The van der Waals surface area contributed by atoms with Gasteiger partial charge in [0.2, 0.25) is 5.91 Å². The van der Waals surface area contributed by atoms with Gasteiger partial charge in [-0.3, -0.25) is 4.79 Å². The number of amides is 2. The highest BCUT2D eigenvalue weighted by Crippen LogP contribution is 2.10. The third-order valence-corrected chi connectivity index (χ3v) is 2.75. The van der Waals surface area contributed by atoms with Crippen molar-refractivity contribution in [1.29, 1.82) is 0 Å². The number of cyclic esters (lactones) is 1. The fourth-order valence-corrected chi connectivity index (χ4v) is 1.80. The quantitative estimate of drug-likeness (QED) is 0.734. The second-order valence-corrected chi connectivity index (χ2v) is 4.00. The average Bonchev–Trinajstić information content (AvgIpc) is 2.95. The van der Waals surface area contributed by atoms with E-state index in [1.165, 1.54) is 4.90 Å². The number of ether oxygens (including phenoxy) is 1. The van der Waals surface area contributed by atoms with E-state index in [1.807, 2.05) is 6.07 Å². The van der Waals surface area contributed by atoms with E-state index in [4.69, 9.17) is 9.15 Å². The Morgan fingerprint density at radius 3 is 2.94 bits per heavy atom. The van der Waals surface area contributed by atoms with Crippen LogP contribution in [0.2, 0.25) is 0 Å². The van der Waals surface area contributed by atoms with Crippen molar-refractivity contribution in [1.82, 2.24) is 4.90 Å². The molecule has 92 valence electrons. The number of nitrogens with zero attached hydrogens (tertiary/aromatic N) is 1. The van der Waals surface area contributed by atoms with Crippen LogP contribution in [0.25, 0.3) is 0 Å². The molecule has 0 spiro atoms. The Morgan fingerprint density at radius 1 is 1.41 bits per heavy atom. The molecule has 0 radical (unpaired) electrons. The monoisotopic (exact) mass is 237 g/mol. The van der Waals surface area contributed by atoms with E-state index < -0.39 is 6.09 Å². The zero-order valence-corrected chi connectivity index (χ0v) is 9.55. The third-order valence-electron chi connectivity index (χ3n) is 2.75. The first kappa shape index (κ1) is 11.7. The lowest BCUT2D eigenvalue weighted by Gasteiger charge is -2.09. The zero-order chi connectivity index (χ0) is 12.1. The molecule has 1 saturated heterocycles. The largest absolute Gasteiger partial charge is 0.472 e. The first-order valence-electron chi connectivity index (χ1n) is 5.75. The molecule has 1 aliphatic rings. The van der Waals surface area contributed by atoms with Gasteiger partial charge < -0.3 is 9.15 Å². The molecule has 5 nitrogen and oxygen atoms in total. The highest BCUT2D eigenvalue weighted by atomic mass is 16.6. The summed E-state index contributed by atoms with van der Waals surface area (Å²) in [5, 5.41) is 0. The van der Waals surface area contributed by atoms with E-state index in [2.05, 4.69) is 0 Å². The first-order chi connectivity index (χ1) is 8.27. The summed E-state index contributed by atoms with van der Waals surface area (Å²) < 4.78 is 9.66. The molecule has 1 aromatic rings. The highest BCUT2D eigenvalue weighted by molar-refractivity contribution is 5.92. The number of hydrogen-bond acceptors (Lipinski definition) is 4. The maximum absolute atomic E-state index is 11.6. The van der Waals surface area contributed by atoms with E-state index in [0.717, 1.165) is 24.8 Å². The van der Waals surface area contributed by atoms with Crippen molar-refractivity contribution >= 4 is 12.0 Å². The second kappa shape index (κ2) is 5.52. The third kappa shape index (κ3) is 3.09. The topological polar surface area (TPSA) is 59.8 Å². The molecule has 2 rings (SSSR count). The summed E-state index contributed by atoms with van der Waals surface area (Å²) in [6.07, 6.45) is 5.81. The van der Waals surface area contributed by atoms with E-state index >= 15 is 0 Å². The van der Waals surface area contributed by atoms with Crippen LogP contribution in [-0.4, -0.2) is 30.1 Å². The Morgan fingerprint density at radius 2 is 2.29 bits per heavy atom. The minimum Gasteiger partial charge on any atom is -0.472 e. The van der Waals surface area contributed by atoms with Crippen molar-refractivity contribution in [3.05, 3.63) is 24.2 Å². The standard InChI is InChI=1S/C12H15NO4/c14-11(13-6-8-17-12(13)15)4-2-1-3-10-5-7-16-9-10/h5,7,9H,1-4,6,8H2. The van der Waals surface area contributed by atoms with Crippen LogP contribution in [0.3, 0.4) is 0 Å². The van der Waals surface area contributed by atoms with Crippen molar-refractivity contribution in [2.75, 3.05) is 13.2 Å². The van der Waals surface area contributed by atoms with Crippen molar-refractivity contribution in [2.24, 2.45) is 0 Å². The normalized spacial score (nSPS) is 15.1. The number of aryl methyl sites for hydroxylation is 1. The lowest BCUT2D eigenvalue weighted by Crippen LogP contribution is -2.31.